The van der Waals surface area contributed by atoms with Gasteiger partial charge in [-0.05, 0) is 42.8 Å². The minimum atomic E-state index is -0.334. The van der Waals surface area contributed by atoms with Gasteiger partial charge in [0.05, 0.1) is 0 Å². The fraction of sp³-hybridized carbons (Fsp3) is 0.250. The predicted molar refractivity (Wildman–Crippen MR) is 90.3 cm³/mol. The Bertz CT molecular complexity index is 599. The zero-order chi connectivity index (χ0) is 15.2. The van der Waals surface area contributed by atoms with Crippen molar-refractivity contribution >= 4 is 31.9 Å². The molecule has 112 valence electrons. The van der Waals surface area contributed by atoms with Gasteiger partial charge in [0.1, 0.15) is 17.3 Å². The summed E-state index contributed by atoms with van der Waals surface area (Å²) in [6, 6.07) is 10.2. The highest BCUT2D eigenvalue weighted by Gasteiger charge is 2.05. The van der Waals surface area contributed by atoms with Crippen LogP contribution in [-0.4, -0.2) is 6.54 Å². The summed E-state index contributed by atoms with van der Waals surface area (Å²) in [6.07, 6.45) is 1.10. The average Bonchev–Trinajstić information content (AvgIpc) is 2.40. The van der Waals surface area contributed by atoms with Crippen LogP contribution in [0.5, 0.6) is 11.5 Å². The molecule has 0 amide bonds. The minimum Gasteiger partial charge on any atom is -0.457 e. The minimum absolute atomic E-state index is 0.334. The third-order valence-corrected chi connectivity index (χ3v) is 4.03. The molecule has 1 N–H and O–H groups in total. The molecule has 0 unspecified atom stereocenters. The molecular weight excluding hydrogens is 401 g/mol. The summed E-state index contributed by atoms with van der Waals surface area (Å²) < 4.78 is 20.6. The van der Waals surface area contributed by atoms with Crippen LogP contribution in [0, 0.1) is 5.82 Å². The highest BCUT2D eigenvalue weighted by atomic mass is 79.9. The molecule has 2 nitrogen and oxygen atoms in total. The molecule has 5 heteroatoms. The largest absolute Gasteiger partial charge is 0.457 e. The molecule has 0 spiro atoms. The van der Waals surface area contributed by atoms with Crippen molar-refractivity contribution in [2.24, 2.45) is 0 Å². The number of rotatable bonds is 6. The van der Waals surface area contributed by atoms with Crippen LogP contribution in [-0.2, 0) is 6.54 Å². The summed E-state index contributed by atoms with van der Waals surface area (Å²) in [6.45, 7) is 3.93. The van der Waals surface area contributed by atoms with Gasteiger partial charge in [-0.2, -0.15) is 0 Å². The maximum atomic E-state index is 13.3. The molecule has 0 bridgehead atoms. The number of benzene rings is 2. The van der Waals surface area contributed by atoms with Crippen LogP contribution in [0.2, 0.25) is 0 Å². The van der Waals surface area contributed by atoms with E-state index in [1.54, 1.807) is 6.07 Å². The normalized spacial score (nSPS) is 10.7. The Labute approximate surface area is 141 Å². The summed E-state index contributed by atoms with van der Waals surface area (Å²) in [7, 11) is 0. The molecule has 0 aliphatic carbocycles. The summed E-state index contributed by atoms with van der Waals surface area (Å²) >= 11 is 6.79. The maximum Gasteiger partial charge on any atom is 0.131 e. The molecule has 0 aliphatic rings. The zero-order valence-electron chi connectivity index (χ0n) is 11.6. The smallest absolute Gasteiger partial charge is 0.131 e. The average molecular weight is 417 g/mol. The summed E-state index contributed by atoms with van der Waals surface area (Å²) in [4.78, 5) is 0. The fourth-order valence-corrected chi connectivity index (χ4v) is 2.80. The first-order valence-electron chi connectivity index (χ1n) is 6.71. The van der Waals surface area contributed by atoms with Gasteiger partial charge in [0, 0.05) is 21.6 Å². The van der Waals surface area contributed by atoms with Gasteiger partial charge in [-0.15, -0.1) is 0 Å². The van der Waals surface area contributed by atoms with Gasteiger partial charge in [0.25, 0.3) is 0 Å². The molecule has 2 rings (SSSR count). The van der Waals surface area contributed by atoms with Crippen LogP contribution < -0.4 is 10.1 Å². The van der Waals surface area contributed by atoms with Gasteiger partial charge < -0.3 is 10.1 Å². The quantitative estimate of drug-likeness (QED) is 0.615. The number of ether oxygens (including phenoxy) is 1. The molecule has 0 aromatic heterocycles. The van der Waals surface area contributed by atoms with Gasteiger partial charge in [0.15, 0.2) is 0 Å². The first-order valence-corrected chi connectivity index (χ1v) is 8.30. The lowest BCUT2D eigenvalue weighted by Gasteiger charge is -2.10. The van der Waals surface area contributed by atoms with E-state index in [9.17, 15) is 4.39 Å². The van der Waals surface area contributed by atoms with Crippen molar-refractivity contribution in [2.75, 3.05) is 6.54 Å². The second-order valence-corrected chi connectivity index (χ2v) is 6.41. The lowest BCUT2D eigenvalue weighted by atomic mass is 10.2. The lowest BCUT2D eigenvalue weighted by Crippen LogP contribution is -2.14. The van der Waals surface area contributed by atoms with Crippen molar-refractivity contribution in [3.05, 3.63) is 56.7 Å². The van der Waals surface area contributed by atoms with Crippen molar-refractivity contribution in [1.29, 1.82) is 0 Å². The molecule has 0 radical (unpaired) electrons. The Morgan fingerprint density at radius 2 is 1.90 bits per heavy atom. The summed E-state index contributed by atoms with van der Waals surface area (Å²) in [5.74, 6) is 0.795. The number of halogens is 3. The van der Waals surface area contributed by atoms with E-state index in [0.29, 0.717) is 16.0 Å². The zero-order valence-corrected chi connectivity index (χ0v) is 14.8. The third kappa shape index (κ3) is 5.09. The molecule has 0 fully saturated rings. The monoisotopic (exact) mass is 415 g/mol. The third-order valence-electron chi connectivity index (χ3n) is 2.84. The Kier molecular flexibility index (Phi) is 6.21. The standard InChI is InChI=1S/C16H16Br2FNO/c1-2-5-20-10-11-3-4-14(9-16(11)18)21-15-7-12(17)6-13(19)8-15/h3-4,6-9,20H,2,5,10H2,1H3. The van der Waals surface area contributed by atoms with Crippen LogP contribution in [0.1, 0.15) is 18.9 Å². The highest BCUT2D eigenvalue weighted by Crippen LogP contribution is 2.29. The highest BCUT2D eigenvalue weighted by molar-refractivity contribution is 9.10. The maximum absolute atomic E-state index is 13.3. The Morgan fingerprint density at radius 3 is 2.57 bits per heavy atom. The van der Waals surface area contributed by atoms with Crippen LogP contribution >= 0.6 is 31.9 Å². The Balaban J connectivity index is 2.09. The summed E-state index contributed by atoms with van der Waals surface area (Å²) in [5, 5.41) is 3.35. The van der Waals surface area contributed by atoms with Crippen molar-refractivity contribution in [2.45, 2.75) is 19.9 Å². The van der Waals surface area contributed by atoms with Gasteiger partial charge in [-0.25, -0.2) is 4.39 Å². The van der Waals surface area contributed by atoms with Gasteiger partial charge >= 0.3 is 0 Å². The Morgan fingerprint density at radius 1 is 1.10 bits per heavy atom. The van der Waals surface area contributed by atoms with E-state index in [0.717, 1.165) is 29.5 Å². The van der Waals surface area contributed by atoms with E-state index in [1.807, 2.05) is 18.2 Å². The van der Waals surface area contributed by atoms with E-state index in [-0.39, 0.29) is 5.82 Å². The molecule has 0 atom stereocenters. The van der Waals surface area contributed by atoms with Gasteiger partial charge in [0.2, 0.25) is 0 Å². The van der Waals surface area contributed by atoms with Gasteiger partial charge in [-0.1, -0.05) is 44.8 Å². The van der Waals surface area contributed by atoms with Crippen molar-refractivity contribution in [3.63, 3.8) is 0 Å². The summed E-state index contributed by atoms with van der Waals surface area (Å²) in [5.41, 5.74) is 1.16. The van der Waals surface area contributed by atoms with Crippen LogP contribution in [0.4, 0.5) is 4.39 Å². The number of nitrogens with one attached hydrogen (secondary N) is 1. The second kappa shape index (κ2) is 7.92. The molecule has 0 heterocycles. The number of hydrogen-bond acceptors (Lipinski definition) is 2. The van der Waals surface area contributed by atoms with Crippen LogP contribution in [0.25, 0.3) is 0 Å². The van der Waals surface area contributed by atoms with E-state index in [4.69, 9.17) is 4.74 Å². The van der Waals surface area contributed by atoms with Crippen LogP contribution in [0.15, 0.2) is 45.3 Å². The Hall–Kier alpha value is -0.910. The van der Waals surface area contributed by atoms with E-state index >= 15 is 0 Å². The van der Waals surface area contributed by atoms with Crippen molar-refractivity contribution < 1.29 is 9.13 Å². The molecular formula is C16H16Br2FNO. The fourth-order valence-electron chi connectivity index (χ4n) is 1.86. The molecule has 0 saturated carbocycles. The molecule has 2 aromatic rings. The first-order chi connectivity index (χ1) is 10.1. The lowest BCUT2D eigenvalue weighted by molar-refractivity contribution is 0.475. The second-order valence-electron chi connectivity index (χ2n) is 4.64. The van der Waals surface area contributed by atoms with Crippen molar-refractivity contribution in [3.8, 4) is 11.5 Å². The van der Waals surface area contributed by atoms with Crippen molar-refractivity contribution in [1.82, 2.24) is 5.32 Å². The molecule has 2 aromatic carbocycles. The van der Waals surface area contributed by atoms with E-state index in [1.165, 1.54) is 12.1 Å². The SMILES string of the molecule is CCCNCc1ccc(Oc2cc(F)cc(Br)c2)cc1Br. The molecule has 21 heavy (non-hydrogen) atoms. The number of hydrogen-bond donors (Lipinski definition) is 1. The topological polar surface area (TPSA) is 21.3 Å². The molecule has 0 aliphatic heterocycles. The predicted octanol–water partition coefficient (Wildman–Crippen LogP) is 5.64. The van der Waals surface area contributed by atoms with E-state index in [2.05, 4.69) is 44.1 Å². The van der Waals surface area contributed by atoms with Crippen LogP contribution in [0.3, 0.4) is 0 Å². The molecule has 0 saturated heterocycles. The van der Waals surface area contributed by atoms with E-state index < -0.39 is 0 Å². The van der Waals surface area contributed by atoms with Gasteiger partial charge in [-0.3, -0.25) is 0 Å². The first kappa shape index (κ1) is 16.5.